The molecule has 0 atom stereocenters. The summed E-state index contributed by atoms with van der Waals surface area (Å²) in [4.78, 5) is 0. The summed E-state index contributed by atoms with van der Waals surface area (Å²) in [5.74, 6) is 0.722. The zero-order valence-corrected chi connectivity index (χ0v) is 13.6. The predicted octanol–water partition coefficient (Wildman–Crippen LogP) is 5.42. The van der Waals surface area contributed by atoms with Crippen LogP contribution in [0.4, 0.5) is 5.69 Å². The maximum atomic E-state index is 3.67. The van der Waals surface area contributed by atoms with Crippen LogP contribution in [0.5, 0.6) is 0 Å². The second kappa shape index (κ2) is 5.61. The highest BCUT2D eigenvalue weighted by Crippen LogP contribution is 2.39. The van der Waals surface area contributed by atoms with Crippen molar-refractivity contribution in [1.29, 1.82) is 0 Å². The number of aryl methyl sites for hydroxylation is 1. The summed E-state index contributed by atoms with van der Waals surface area (Å²) in [6.07, 6.45) is 2.46. The van der Waals surface area contributed by atoms with Gasteiger partial charge in [0.25, 0.3) is 0 Å². The fourth-order valence-corrected chi connectivity index (χ4v) is 3.28. The average molecular weight is 330 g/mol. The highest BCUT2D eigenvalue weighted by molar-refractivity contribution is 9.10. The lowest BCUT2D eigenvalue weighted by Crippen LogP contribution is -2.34. The maximum absolute atomic E-state index is 3.67. The van der Waals surface area contributed by atoms with Gasteiger partial charge in [-0.15, -0.1) is 0 Å². The van der Waals surface area contributed by atoms with Crippen LogP contribution in [0, 0.1) is 13.8 Å². The van der Waals surface area contributed by atoms with Gasteiger partial charge in [0.15, 0.2) is 0 Å². The second-order valence-corrected chi connectivity index (χ2v) is 6.69. The van der Waals surface area contributed by atoms with Gasteiger partial charge in [0, 0.05) is 16.2 Å². The number of benzene rings is 2. The quantitative estimate of drug-likeness (QED) is 0.792. The van der Waals surface area contributed by atoms with Crippen molar-refractivity contribution in [2.45, 2.75) is 38.6 Å². The molecule has 0 saturated heterocycles. The normalized spacial score (nSPS) is 21.4. The lowest BCUT2D eigenvalue weighted by Gasteiger charge is -2.37. The van der Waals surface area contributed by atoms with Crippen LogP contribution in [0.1, 0.15) is 35.4 Å². The Bertz CT molecular complexity index is 615. The molecule has 2 aromatic rings. The maximum Gasteiger partial charge on any atom is 0.0383 e. The van der Waals surface area contributed by atoms with Crippen molar-refractivity contribution in [3.63, 3.8) is 0 Å². The molecule has 0 aromatic heterocycles. The number of hydrogen-bond acceptors (Lipinski definition) is 1. The zero-order chi connectivity index (χ0) is 14.1. The third-order valence-electron chi connectivity index (χ3n) is 4.28. The molecule has 2 heteroatoms. The SMILES string of the molecule is Cc1cccc(C2CC(Nc3cccc(Br)c3C)C2)c1. The average Bonchev–Trinajstić information content (AvgIpc) is 2.38. The molecular weight excluding hydrogens is 310 g/mol. The number of nitrogens with one attached hydrogen (secondary N) is 1. The molecule has 104 valence electrons. The molecule has 1 nitrogen and oxygen atoms in total. The largest absolute Gasteiger partial charge is 0.382 e. The van der Waals surface area contributed by atoms with E-state index in [1.54, 1.807) is 0 Å². The Morgan fingerprint density at radius 3 is 2.55 bits per heavy atom. The van der Waals surface area contributed by atoms with Gasteiger partial charge >= 0.3 is 0 Å². The van der Waals surface area contributed by atoms with Crippen molar-refractivity contribution in [2.24, 2.45) is 0 Å². The number of rotatable bonds is 3. The van der Waals surface area contributed by atoms with Gasteiger partial charge < -0.3 is 5.32 Å². The van der Waals surface area contributed by atoms with Gasteiger partial charge in [0.05, 0.1) is 0 Å². The molecule has 0 radical (unpaired) electrons. The third kappa shape index (κ3) is 2.76. The minimum absolute atomic E-state index is 0.605. The first-order valence-corrected chi connectivity index (χ1v) is 8.01. The van der Waals surface area contributed by atoms with Crippen LogP contribution < -0.4 is 5.32 Å². The minimum Gasteiger partial charge on any atom is -0.382 e. The first-order chi connectivity index (χ1) is 9.63. The lowest BCUT2D eigenvalue weighted by atomic mass is 9.75. The Labute approximate surface area is 129 Å². The molecule has 2 aromatic carbocycles. The Morgan fingerprint density at radius 2 is 1.80 bits per heavy atom. The van der Waals surface area contributed by atoms with Crippen molar-refractivity contribution in [3.8, 4) is 0 Å². The summed E-state index contributed by atoms with van der Waals surface area (Å²) in [7, 11) is 0. The molecule has 0 heterocycles. The van der Waals surface area contributed by atoms with Crippen LogP contribution in [-0.2, 0) is 0 Å². The molecule has 1 aliphatic carbocycles. The summed E-state index contributed by atoms with van der Waals surface area (Å²) in [5.41, 5.74) is 5.41. The smallest absolute Gasteiger partial charge is 0.0383 e. The van der Waals surface area contributed by atoms with E-state index in [-0.39, 0.29) is 0 Å². The van der Waals surface area contributed by atoms with Gasteiger partial charge in [-0.2, -0.15) is 0 Å². The van der Waals surface area contributed by atoms with E-state index in [0.717, 1.165) is 5.92 Å². The van der Waals surface area contributed by atoms with Gasteiger partial charge in [-0.25, -0.2) is 0 Å². The van der Waals surface area contributed by atoms with Gasteiger partial charge in [-0.05, 0) is 55.9 Å². The van der Waals surface area contributed by atoms with Crippen molar-refractivity contribution >= 4 is 21.6 Å². The van der Waals surface area contributed by atoms with Crippen LogP contribution >= 0.6 is 15.9 Å². The van der Waals surface area contributed by atoms with Crippen LogP contribution in [0.15, 0.2) is 46.9 Å². The highest BCUT2D eigenvalue weighted by atomic mass is 79.9. The summed E-state index contributed by atoms with van der Waals surface area (Å²) < 4.78 is 1.18. The Hall–Kier alpha value is -1.28. The van der Waals surface area contributed by atoms with E-state index in [1.165, 1.54) is 39.7 Å². The van der Waals surface area contributed by atoms with E-state index in [9.17, 15) is 0 Å². The van der Waals surface area contributed by atoms with Crippen molar-refractivity contribution in [2.75, 3.05) is 5.32 Å². The molecular formula is C18H20BrN. The number of halogens is 1. The summed E-state index contributed by atoms with van der Waals surface area (Å²) in [6.45, 7) is 4.33. The van der Waals surface area contributed by atoms with E-state index in [1.807, 2.05) is 0 Å². The molecule has 0 amide bonds. The van der Waals surface area contributed by atoms with Crippen LogP contribution in [0.25, 0.3) is 0 Å². The van der Waals surface area contributed by atoms with Crippen LogP contribution in [0.3, 0.4) is 0 Å². The van der Waals surface area contributed by atoms with E-state index < -0.39 is 0 Å². The lowest BCUT2D eigenvalue weighted by molar-refractivity contribution is 0.374. The highest BCUT2D eigenvalue weighted by Gasteiger charge is 2.30. The molecule has 0 spiro atoms. The number of hydrogen-bond donors (Lipinski definition) is 1. The van der Waals surface area contributed by atoms with Gasteiger partial charge in [0.1, 0.15) is 0 Å². The van der Waals surface area contributed by atoms with E-state index in [0.29, 0.717) is 6.04 Å². The van der Waals surface area contributed by atoms with Gasteiger partial charge in [-0.3, -0.25) is 0 Å². The van der Waals surface area contributed by atoms with E-state index in [2.05, 4.69) is 77.6 Å². The first-order valence-electron chi connectivity index (χ1n) is 7.21. The molecule has 0 bridgehead atoms. The Balaban J connectivity index is 1.62. The topological polar surface area (TPSA) is 12.0 Å². The molecule has 1 N–H and O–H groups in total. The van der Waals surface area contributed by atoms with Crippen LogP contribution in [0.2, 0.25) is 0 Å². The van der Waals surface area contributed by atoms with Crippen LogP contribution in [-0.4, -0.2) is 6.04 Å². The van der Waals surface area contributed by atoms with E-state index in [4.69, 9.17) is 0 Å². The molecule has 0 aliphatic heterocycles. The molecule has 0 unspecified atom stereocenters. The first kappa shape index (κ1) is 13.7. The van der Waals surface area contributed by atoms with Crippen molar-refractivity contribution < 1.29 is 0 Å². The summed E-state index contributed by atoms with van der Waals surface area (Å²) >= 11 is 3.59. The monoisotopic (exact) mass is 329 g/mol. The van der Waals surface area contributed by atoms with Gasteiger partial charge in [0.2, 0.25) is 0 Å². The molecule has 20 heavy (non-hydrogen) atoms. The molecule has 3 rings (SSSR count). The number of anilines is 1. The molecule has 1 fully saturated rings. The van der Waals surface area contributed by atoms with Gasteiger partial charge in [-0.1, -0.05) is 51.8 Å². The minimum atomic E-state index is 0.605. The Morgan fingerprint density at radius 1 is 1.05 bits per heavy atom. The molecule has 1 saturated carbocycles. The standard InChI is InChI=1S/C18H20BrN/c1-12-5-3-6-14(9-12)15-10-16(11-15)20-18-8-4-7-17(19)13(18)2/h3-9,15-16,20H,10-11H2,1-2H3. The third-order valence-corrected chi connectivity index (χ3v) is 5.14. The zero-order valence-electron chi connectivity index (χ0n) is 12.0. The summed E-state index contributed by atoms with van der Waals surface area (Å²) in [5, 5.41) is 3.67. The van der Waals surface area contributed by atoms with Crippen molar-refractivity contribution in [1.82, 2.24) is 0 Å². The fraction of sp³-hybridized carbons (Fsp3) is 0.333. The predicted molar refractivity (Wildman–Crippen MR) is 89.4 cm³/mol. The second-order valence-electron chi connectivity index (χ2n) is 5.84. The fourth-order valence-electron chi connectivity index (χ4n) is 2.92. The Kier molecular flexibility index (Phi) is 3.84. The van der Waals surface area contributed by atoms with E-state index >= 15 is 0 Å². The molecule has 1 aliphatic rings. The van der Waals surface area contributed by atoms with Crippen molar-refractivity contribution in [3.05, 3.63) is 63.6 Å². The summed E-state index contributed by atoms with van der Waals surface area (Å²) in [6, 6.07) is 15.9.